The molecule has 2 aromatic heterocycles. The number of aryl methyl sites for hydroxylation is 1. The van der Waals surface area contributed by atoms with Crippen molar-refractivity contribution in [2.75, 3.05) is 0 Å². The predicted molar refractivity (Wildman–Crippen MR) is 97.6 cm³/mol. The van der Waals surface area contributed by atoms with Crippen molar-refractivity contribution in [1.29, 1.82) is 0 Å². The quantitative estimate of drug-likeness (QED) is 0.507. The Morgan fingerprint density at radius 1 is 1.35 bits per heavy atom. The lowest BCUT2D eigenvalue weighted by molar-refractivity contribution is -0.138. The number of benzene rings is 1. The van der Waals surface area contributed by atoms with Crippen LogP contribution in [-0.4, -0.2) is 43.5 Å². The molecule has 0 saturated heterocycles. The molecule has 1 aromatic carbocycles. The topological polar surface area (TPSA) is 119 Å². The molecular weight excluding hydrogens is 334 g/mol. The van der Waals surface area contributed by atoms with Gasteiger partial charge in [0.05, 0.1) is 12.3 Å². The standard InChI is InChI=1S/C19H19N3O4/c1-11-18(24)15(13(10-23)8-20-11)9-22-17(19(25)26)6-12-7-21-16-5-3-2-4-14(12)16/h2-5,7-9,17,21,23-24H,6,10H2,1H3,(H,25,26). The maximum atomic E-state index is 11.6. The third-order valence-corrected chi connectivity index (χ3v) is 4.28. The molecule has 0 amide bonds. The third kappa shape index (κ3) is 3.43. The lowest BCUT2D eigenvalue weighted by atomic mass is 10.0. The first-order valence-electron chi connectivity index (χ1n) is 8.10. The summed E-state index contributed by atoms with van der Waals surface area (Å²) in [5.74, 6) is -1.18. The SMILES string of the molecule is Cc1ncc(CO)c(C=NC(Cc2c[nH]c3ccccc23)C(=O)O)c1O. The number of para-hydroxylation sites is 1. The van der Waals surface area contributed by atoms with E-state index in [1.807, 2.05) is 24.3 Å². The molecule has 3 rings (SSSR count). The zero-order valence-electron chi connectivity index (χ0n) is 14.2. The molecule has 0 fully saturated rings. The molecule has 0 aliphatic rings. The fourth-order valence-electron chi connectivity index (χ4n) is 2.80. The summed E-state index contributed by atoms with van der Waals surface area (Å²) in [5.41, 5.74) is 2.83. The van der Waals surface area contributed by atoms with Crippen molar-refractivity contribution >= 4 is 23.1 Å². The first-order valence-corrected chi connectivity index (χ1v) is 8.10. The Morgan fingerprint density at radius 2 is 2.12 bits per heavy atom. The molecule has 0 aliphatic heterocycles. The van der Waals surface area contributed by atoms with E-state index in [0.717, 1.165) is 16.5 Å². The highest BCUT2D eigenvalue weighted by Crippen LogP contribution is 2.23. The number of aromatic amines is 1. The van der Waals surface area contributed by atoms with Crippen LogP contribution in [0, 0.1) is 6.92 Å². The molecule has 134 valence electrons. The van der Waals surface area contributed by atoms with Gasteiger partial charge in [-0.2, -0.15) is 0 Å². The number of aromatic hydroxyl groups is 1. The number of aliphatic carboxylic acids is 1. The van der Waals surface area contributed by atoms with Gasteiger partial charge in [0.25, 0.3) is 0 Å². The highest BCUT2D eigenvalue weighted by molar-refractivity contribution is 5.89. The van der Waals surface area contributed by atoms with Crippen LogP contribution in [-0.2, 0) is 17.8 Å². The molecule has 7 nitrogen and oxygen atoms in total. The summed E-state index contributed by atoms with van der Waals surface area (Å²) in [7, 11) is 0. The Morgan fingerprint density at radius 3 is 2.85 bits per heavy atom. The molecule has 3 aromatic rings. The van der Waals surface area contributed by atoms with Crippen molar-refractivity contribution < 1.29 is 20.1 Å². The number of carboxylic acid groups (broad SMARTS) is 1. The Kier molecular flexibility index (Phi) is 4.99. The van der Waals surface area contributed by atoms with Crippen LogP contribution >= 0.6 is 0 Å². The van der Waals surface area contributed by atoms with Crippen LogP contribution in [0.5, 0.6) is 5.75 Å². The molecular formula is C19H19N3O4. The van der Waals surface area contributed by atoms with Crippen LogP contribution in [0.4, 0.5) is 0 Å². The highest BCUT2D eigenvalue weighted by Gasteiger charge is 2.19. The average Bonchev–Trinajstić information content (AvgIpc) is 3.04. The second-order valence-electron chi connectivity index (χ2n) is 5.99. The van der Waals surface area contributed by atoms with Gasteiger partial charge in [-0.3, -0.25) is 9.98 Å². The number of pyridine rings is 1. The van der Waals surface area contributed by atoms with Crippen molar-refractivity contribution in [3.63, 3.8) is 0 Å². The van der Waals surface area contributed by atoms with E-state index in [-0.39, 0.29) is 24.3 Å². The van der Waals surface area contributed by atoms with Gasteiger partial charge >= 0.3 is 5.97 Å². The smallest absolute Gasteiger partial charge is 0.328 e. The van der Waals surface area contributed by atoms with Gasteiger partial charge in [-0.05, 0) is 18.6 Å². The van der Waals surface area contributed by atoms with E-state index in [2.05, 4.69) is 15.0 Å². The molecule has 26 heavy (non-hydrogen) atoms. The van der Waals surface area contributed by atoms with Crippen LogP contribution < -0.4 is 0 Å². The molecule has 4 N–H and O–H groups in total. The van der Waals surface area contributed by atoms with Gasteiger partial charge in [-0.1, -0.05) is 18.2 Å². The average molecular weight is 353 g/mol. The number of hydrogen-bond donors (Lipinski definition) is 4. The fourth-order valence-corrected chi connectivity index (χ4v) is 2.80. The molecule has 0 aliphatic carbocycles. The Hall–Kier alpha value is -3.19. The first kappa shape index (κ1) is 17.6. The Balaban J connectivity index is 1.91. The molecule has 2 heterocycles. The van der Waals surface area contributed by atoms with Gasteiger partial charge in [-0.15, -0.1) is 0 Å². The lowest BCUT2D eigenvalue weighted by Gasteiger charge is -2.10. The number of aliphatic hydroxyl groups is 1. The van der Waals surface area contributed by atoms with E-state index in [1.165, 1.54) is 12.4 Å². The molecule has 1 atom stereocenters. The van der Waals surface area contributed by atoms with Crippen LogP contribution in [0.1, 0.15) is 22.4 Å². The fraction of sp³-hybridized carbons (Fsp3) is 0.211. The zero-order valence-corrected chi connectivity index (χ0v) is 14.2. The summed E-state index contributed by atoms with van der Waals surface area (Å²) in [6.07, 6.45) is 4.72. The second kappa shape index (κ2) is 7.37. The van der Waals surface area contributed by atoms with Gasteiger partial charge in [0.1, 0.15) is 5.75 Å². The number of aliphatic imine (C=N–C) groups is 1. The van der Waals surface area contributed by atoms with Crippen LogP contribution in [0.15, 0.2) is 41.7 Å². The monoisotopic (exact) mass is 353 g/mol. The number of aliphatic hydroxyl groups excluding tert-OH is 1. The Labute approximate surface area is 149 Å². The van der Waals surface area contributed by atoms with Crippen molar-refractivity contribution in [2.24, 2.45) is 4.99 Å². The van der Waals surface area contributed by atoms with Gasteiger partial charge in [0, 0.05) is 47.1 Å². The van der Waals surface area contributed by atoms with Crippen LogP contribution in [0.25, 0.3) is 10.9 Å². The summed E-state index contributed by atoms with van der Waals surface area (Å²) in [6, 6.07) is 6.62. The number of aromatic nitrogens is 2. The normalized spacial score (nSPS) is 12.7. The van der Waals surface area contributed by atoms with E-state index < -0.39 is 12.0 Å². The van der Waals surface area contributed by atoms with Crippen LogP contribution in [0.2, 0.25) is 0 Å². The summed E-state index contributed by atoms with van der Waals surface area (Å²) in [6.45, 7) is 1.29. The van der Waals surface area contributed by atoms with Gasteiger partial charge < -0.3 is 20.3 Å². The predicted octanol–water partition coefficient (Wildman–Crippen LogP) is 2.18. The number of carboxylic acids is 1. The largest absolute Gasteiger partial charge is 0.505 e. The molecule has 0 radical (unpaired) electrons. The summed E-state index contributed by atoms with van der Waals surface area (Å²) in [5, 5.41) is 30.0. The second-order valence-corrected chi connectivity index (χ2v) is 5.99. The summed E-state index contributed by atoms with van der Waals surface area (Å²) >= 11 is 0. The lowest BCUT2D eigenvalue weighted by Crippen LogP contribution is -2.21. The number of nitrogens with zero attached hydrogens (tertiary/aromatic N) is 2. The number of nitrogens with one attached hydrogen (secondary N) is 1. The molecule has 0 saturated carbocycles. The van der Waals surface area contributed by atoms with E-state index >= 15 is 0 Å². The number of rotatable bonds is 6. The van der Waals surface area contributed by atoms with Crippen molar-refractivity contribution in [1.82, 2.24) is 9.97 Å². The van der Waals surface area contributed by atoms with Crippen molar-refractivity contribution in [3.05, 3.63) is 59.0 Å². The maximum absolute atomic E-state index is 11.6. The van der Waals surface area contributed by atoms with E-state index in [0.29, 0.717) is 11.3 Å². The molecule has 7 heteroatoms. The van der Waals surface area contributed by atoms with Gasteiger partial charge in [0.2, 0.25) is 0 Å². The van der Waals surface area contributed by atoms with Crippen molar-refractivity contribution in [3.8, 4) is 5.75 Å². The minimum absolute atomic E-state index is 0.114. The highest BCUT2D eigenvalue weighted by atomic mass is 16.4. The van der Waals surface area contributed by atoms with E-state index in [4.69, 9.17) is 0 Å². The number of fused-ring (bicyclic) bond motifs is 1. The summed E-state index contributed by atoms with van der Waals surface area (Å²) < 4.78 is 0. The van der Waals surface area contributed by atoms with Gasteiger partial charge in [-0.25, -0.2) is 4.79 Å². The van der Waals surface area contributed by atoms with Gasteiger partial charge in [0.15, 0.2) is 6.04 Å². The summed E-state index contributed by atoms with van der Waals surface area (Å²) in [4.78, 5) is 22.9. The molecule has 0 spiro atoms. The molecule has 0 bridgehead atoms. The van der Waals surface area contributed by atoms with Crippen molar-refractivity contribution in [2.45, 2.75) is 26.0 Å². The number of carbonyl (C=O) groups is 1. The minimum atomic E-state index is -1.07. The zero-order chi connectivity index (χ0) is 18.7. The number of hydrogen-bond acceptors (Lipinski definition) is 5. The maximum Gasteiger partial charge on any atom is 0.328 e. The third-order valence-electron chi connectivity index (χ3n) is 4.28. The van der Waals surface area contributed by atoms with Crippen LogP contribution in [0.3, 0.4) is 0 Å². The number of H-pyrrole nitrogens is 1. The molecule has 1 unspecified atom stereocenters. The minimum Gasteiger partial charge on any atom is -0.505 e. The van der Waals surface area contributed by atoms with E-state index in [1.54, 1.807) is 13.1 Å². The van der Waals surface area contributed by atoms with E-state index in [9.17, 15) is 20.1 Å². The Bertz CT molecular complexity index is 978. The first-order chi connectivity index (χ1) is 12.5.